The van der Waals surface area contributed by atoms with E-state index in [2.05, 4.69) is 10.0 Å². The van der Waals surface area contributed by atoms with Gasteiger partial charge in [0, 0.05) is 19.2 Å². The molecule has 0 radical (unpaired) electrons. The summed E-state index contributed by atoms with van der Waals surface area (Å²) in [6.45, 7) is 5.88. The molecule has 1 rings (SSSR count). The third-order valence-electron chi connectivity index (χ3n) is 3.41. The van der Waals surface area contributed by atoms with Crippen LogP contribution in [0.2, 0.25) is 0 Å². The first-order valence-electron chi connectivity index (χ1n) is 7.86. The fraction of sp³-hybridized carbons (Fsp3) is 0.562. The van der Waals surface area contributed by atoms with E-state index < -0.39 is 22.0 Å². The summed E-state index contributed by atoms with van der Waals surface area (Å²) in [5, 5.41) is 12.3. The van der Waals surface area contributed by atoms with E-state index in [1.807, 2.05) is 13.8 Å². The van der Waals surface area contributed by atoms with Gasteiger partial charge in [0.1, 0.15) is 4.90 Å². The molecule has 0 aliphatic carbocycles. The maximum Gasteiger partial charge on any atom is 0.335 e. The monoisotopic (exact) mass is 358 g/mol. The minimum absolute atomic E-state index is 0.0658. The Hall–Kier alpha value is -1.64. The summed E-state index contributed by atoms with van der Waals surface area (Å²) in [4.78, 5) is 11.1. The maximum atomic E-state index is 12.7. The van der Waals surface area contributed by atoms with Gasteiger partial charge < -0.3 is 15.2 Å². The van der Waals surface area contributed by atoms with Crippen LogP contribution in [0, 0.1) is 0 Å². The number of rotatable bonds is 10. The Labute approximate surface area is 143 Å². The van der Waals surface area contributed by atoms with Crippen molar-refractivity contribution in [2.45, 2.75) is 50.6 Å². The van der Waals surface area contributed by atoms with Crippen LogP contribution in [-0.2, 0) is 14.8 Å². The lowest BCUT2D eigenvalue weighted by atomic mass is 10.1. The lowest BCUT2D eigenvalue weighted by Crippen LogP contribution is -2.36. The predicted octanol–water partition coefficient (Wildman–Crippen LogP) is 2.30. The van der Waals surface area contributed by atoms with Crippen molar-refractivity contribution in [1.29, 1.82) is 0 Å². The molecule has 0 unspecified atom stereocenters. The van der Waals surface area contributed by atoms with Gasteiger partial charge in [-0.1, -0.05) is 13.3 Å². The highest BCUT2D eigenvalue weighted by Gasteiger charge is 2.23. The third-order valence-corrected chi connectivity index (χ3v) is 5.04. The van der Waals surface area contributed by atoms with Gasteiger partial charge in [0.25, 0.3) is 0 Å². The SMILES string of the molecule is CCC[C@H](C)Nc1ccc(C(=O)O)cc1S(=O)(=O)N[C@@H](C)COC. The number of benzene rings is 1. The number of anilines is 1. The summed E-state index contributed by atoms with van der Waals surface area (Å²) in [5.41, 5.74) is 0.307. The molecule has 0 spiro atoms. The second kappa shape index (κ2) is 9.00. The molecule has 0 aliphatic rings. The predicted molar refractivity (Wildman–Crippen MR) is 93.1 cm³/mol. The third kappa shape index (κ3) is 5.77. The van der Waals surface area contributed by atoms with E-state index in [9.17, 15) is 13.2 Å². The van der Waals surface area contributed by atoms with Crippen LogP contribution in [0.4, 0.5) is 5.69 Å². The van der Waals surface area contributed by atoms with E-state index >= 15 is 0 Å². The summed E-state index contributed by atoms with van der Waals surface area (Å²) in [6.07, 6.45) is 1.82. The molecule has 8 heteroatoms. The quantitative estimate of drug-likeness (QED) is 0.593. The zero-order valence-corrected chi connectivity index (χ0v) is 15.3. The number of hydrogen-bond acceptors (Lipinski definition) is 5. The van der Waals surface area contributed by atoms with E-state index in [4.69, 9.17) is 9.84 Å². The largest absolute Gasteiger partial charge is 0.478 e. The molecule has 7 nitrogen and oxygen atoms in total. The highest BCUT2D eigenvalue weighted by Crippen LogP contribution is 2.24. The summed E-state index contributed by atoms with van der Waals surface area (Å²) < 4.78 is 32.7. The Balaban J connectivity index is 3.24. The number of carbonyl (C=O) groups is 1. The zero-order valence-electron chi connectivity index (χ0n) is 14.5. The van der Waals surface area contributed by atoms with Crippen molar-refractivity contribution in [2.24, 2.45) is 0 Å². The number of ether oxygens (including phenoxy) is 1. The summed E-state index contributed by atoms with van der Waals surface area (Å²) in [6, 6.07) is 3.68. The van der Waals surface area contributed by atoms with Crippen molar-refractivity contribution in [3.8, 4) is 0 Å². The molecule has 0 fully saturated rings. The van der Waals surface area contributed by atoms with Crippen LogP contribution < -0.4 is 10.0 Å². The lowest BCUT2D eigenvalue weighted by Gasteiger charge is -2.20. The Morgan fingerprint density at radius 2 is 1.96 bits per heavy atom. The van der Waals surface area contributed by atoms with Crippen molar-refractivity contribution < 1.29 is 23.1 Å². The molecular weight excluding hydrogens is 332 g/mol. The summed E-state index contributed by atoms with van der Waals surface area (Å²) >= 11 is 0. The standard InChI is InChI=1S/C16H26N2O5S/c1-5-6-11(2)17-14-8-7-13(16(19)20)9-15(14)24(21,22)18-12(3)10-23-4/h7-9,11-12,17-18H,5-6,10H2,1-4H3,(H,19,20)/t11-,12-/m0/s1. The van der Waals surface area contributed by atoms with Crippen molar-refractivity contribution >= 4 is 21.7 Å². The first-order valence-corrected chi connectivity index (χ1v) is 9.34. The van der Waals surface area contributed by atoms with Crippen LogP contribution in [-0.4, -0.2) is 45.3 Å². The molecule has 3 N–H and O–H groups in total. The number of sulfonamides is 1. The highest BCUT2D eigenvalue weighted by atomic mass is 32.2. The minimum atomic E-state index is -3.88. The van der Waals surface area contributed by atoms with Gasteiger partial charge in [0.2, 0.25) is 10.0 Å². The number of methoxy groups -OCH3 is 1. The number of nitrogens with one attached hydrogen (secondary N) is 2. The van der Waals surface area contributed by atoms with Gasteiger partial charge in [-0.2, -0.15) is 0 Å². The number of aromatic carboxylic acids is 1. The van der Waals surface area contributed by atoms with Gasteiger partial charge in [0.05, 0.1) is 17.9 Å². The molecule has 1 aromatic rings. The Kier molecular flexibility index (Phi) is 7.65. The average Bonchev–Trinajstić information content (AvgIpc) is 2.47. The first-order chi connectivity index (χ1) is 11.2. The molecule has 2 atom stereocenters. The van der Waals surface area contributed by atoms with Crippen LogP contribution in [0.25, 0.3) is 0 Å². The van der Waals surface area contributed by atoms with Gasteiger partial charge in [-0.15, -0.1) is 0 Å². The molecule has 136 valence electrons. The van der Waals surface area contributed by atoms with E-state index in [0.29, 0.717) is 5.69 Å². The average molecular weight is 358 g/mol. The Morgan fingerprint density at radius 3 is 2.50 bits per heavy atom. The summed E-state index contributed by atoms with van der Waals surface area (Å²) in [7, 11) is -2.40. The van der Waals surface area contributed by atoms with Gasteiger partial charge in [0.15, 0.2) is 0 Å². The van der Waals surface area contributed by atoms with Gasteiger partial charge in [-0.05, 0) is 38.5 Å². The topological polar surface area (TPSA) is 105 Å². The Morgan fingerprint density at radius 1 is 1.29 bits per heavy atom. The molecule has 0 bridgehead atoms. The molecule has 0 heterocycles. The van der Waals surface area contributed by atoms with Crippen molar-refractivity contribution in [2.75, 3.05) is 19.0 Å². The second-order valence-corrected chi connectivity index (χ2v) is 7.51. The fourth-order valence-electron chi connectivity index (χ4n) is 2.38. The van der Waals surface area contributed by atoms with Crippen molar-refractivity contribution in [3.63, 3.8) is 0 Å². The smallest absolute Gasteiger partial charge is 0.335 e. The van der Waals surface area contributed by atoms with Gasteiger partial charge in [-0.25, -0.2) is 17.9 Å². The van der Waals surface area contributed by atoms with E-state index in [1.54, 1.807) is 6.92 Å². The second-order valence-electron chi connectivity index (χ2n) is 5.83. The van der Waals surface area contributed by atoms with Crippen LogP contribution in [0.5, 0.6) is 0 Å². The molecule has 0 saturated carbocycles. The Bertz CT molecular complexity index is 660. The summed E-state index contributed by atoms with van der Waals surface area (Å²) in [5.74, 6) is -1.18. The number of carboxylic acids is 1. The van der Waals surface area contributed by atoms with Crippen molar-refractivity contribution in [1.82, 2.24) is 4.72 Å². The highest BCUT2D eigenvalue weighted by molar-refractivity contribution is 7.89. The van der Waals surface area contributed by atoms with Gasteiger partial charge in [-0.3, -0.25) is 0 Å². The van der Waals surface area contributed by atoms with Crippen LogP contribution >= 0.6 is 0 Å². The van der Waals surface area contributed by atoms with Crippen LogP contribution in [0.3, 0.4) is 0 Å². The fourth-order valence-corrected chi connectivity index (χ4v) is 3.80. The molecule has 0 aliphatic heterocycles. The first kappa shape index (κ1) is 20.4. The van der Waals surface area contributed by atoms with Gasteiger partial charge >= 0.3 is 5.97 Å². The number of carboxylic acid groups (broad SMARTS) is 1. The van der Waals surface area contributed by atoms with Crippen LogP contribution in [0.1, 0.15) is 44.0 Å². The molecule has 1 aromatic carbocycles. The molecular formula is C16H26N2O5S. The number of hydrogen-bond donors (Lipinski definition) is 3. The van der Waals surface area contributed by atoms with Crippen molar-refractivity contribution in [3.05, 3.63) is 23.8 Å². The lowest BCUT2D eigenvalue weighted by molar-refractivity contribution is 0.0696. The molecule has 0 saturated heterocycles. The minimum Gasteiger partial charge on any atom is -0.478 e. The van der Waals surface area contributed by atoms with Crippen LogP contribution in [0.15, 0.2) is 23.1 Å². The van der Waals surface area contributed by atoms with E-state index in [0.717, 1.165) is 12.8 Å². The molecule has 24 heavy (non-hydrogen) atoms. The zero-order chi connectivity index (χ0) is 18.3. The normalized spacial score (nSPS) is 14.2. The van der Waals surface area contributed by atoms with E-state index in [-0.39, 0.29) is 23.1 Å². The van der Waals surface area contributed by atoms with E-state index in [1.165, 1.54) is 25.3 Å². The molecule has 0 aromatic heterocycles. The molecule has 0 amide bonds. The maximum absolute atomic E-state index is 12.7.